The molecule has 2 aromatic carbocycles. The zero-order valence-electron chi connectivity index (χ0n) is 26.2. The van der Waals surface area contributed by atoms with Crippen LogP contribution >= 0.6 is 11.6 Å². The van der Waals surface area contributed by atoms with Crippen molar-refractivity contribution in [1.82, 2.24) is 19.9 Å². The molecule has 0 unspecified atom stereocenters. The van der Waals surface area contributed by atoms with Crippen LogP contribution in [0.2, 0.25) is 5.02 Å². The van der Waals surface area contributed by atoms with Crippen LogP contribution in [0.1, 0.15) is 28.7 Å². The van der Waals surface area contributed by atoms with Gasteiger partial charge < -0.3 is 30.1 Å². The Kier molecular flexibility index (Phi) is 12.2. The Morgan fingerprint density at radius 3 is 2.43 bits per heavy atom. The number of aromatic nitrogens is 1. The van der Waals surface area contributed by atoms with Crippen LogP contribution in [0.4, 0.5) is 10.6 Å². The molecule has 1 fully saturated rings. The van der Waals surface area contributed by atoms with Crippen molar-refractivity contribution in [2.24, 2.45) is 0 Å². The quantitative estimate of drug-likeness (QED) is 0.196. The van der Waals surface area contributed by atoms with E-state index in [0.717, 1.165) is 11.1 Å². The number of hydrogen-bond donors (Lipinski definition) is 4. The minimum Gasteiger partial charge on any atom is -0.480 e. The fraction of sp³-hybridized carbons (Fsp3) is 0.375. The average Bonchev–Trinajstić information content (AvgIpc) is 3.43. The fourth-order valence-corrected chi connectivity index (χ4v) is 7.15. The number of amides is 2. The highest BCUT2D eigenvalue weighted by molar-refractivity contribution is 7.89. The predicted molar refractivity (Wildman–Crippen MR) is 175 cm³/mol. The van der Waals surface area contributed by atoms with Gasteiger partial charge in [0.25, 0.3) is 0 Å². The first-order valence-electron chi connectivity index (χ1n) is 14.9. The summed E-state index contributed by atoms with van der Waals surface area (Å²) < 4.78 is 39.7. The minimum absolute atomic E-state index is 0.00594. The molecule has 0 aliphatic carbocycles. The first kappa shape index (κ1) is 35.6. The molecule has 1 aromatic heterocycles. The van der Waals surface area contributed by atoms with Crippen molar-refractivity contribution >= 4 is 45.4 Å². The molecule has 15 heteroatoms. The maximum atomic E-state index is 13.1. The summed E-state index contributed by atoms with van der Waals surface area (Å²) in [4.78, 5) is 43.4. The molecule has 13 nitrogen and oxygen atoms in total. The van der Waals surface area contributed by atoms with Gasteiger partial charge in [-0.05, 0) is 68.1 Å². The third-order valence-electron chi connectivity index (χ3n) is 7.49. The lowest BCUT2D eigenvalue weighted by atomic mass is 10.1. The van der Waals surface area contributed by atoms with Gasteiger partial charge in [0.15, 0.2) is 0 Å². The largest absolute Gasteiger partial charge is 0.480 e. The molecular weight excluding hydrogens is 650 g/mol. The summed E-state index contributed by atoms with van der Waals surface area (Å²) in [6.45, 7) is 4.68. The number of ether oxygens (including phenoxy) is 2. The molecule has 1 aliphatic rings. The summed E-state index contributed by atoms with van der Waals surface area (Å²) in [5.41, 5.74) is 2.59. The normalized spacial score (nSPS) is 16.8. The number of sulfonamides is 1. The number of benzene rings is 2. The second kappa shape index (κ2) is 16.0. The molecule has 3 aromatic rings. The molecule has 252 valence electrons. The summed E-state index contributed by atoms with van der Waals surface area (Å²) >= 11 is 5.94. The van der Waals surface area contributed by atoms with Gasteiger partial charge in [-0.2, -0.15) is 4.72 Å². The lowest BCUT2D eigenvalue weighted by Gasteiger charge is -2.24. The Balaban J connectivity index is 1.33. The number of carboxylic acids is 1. The molecule has 3 atom stereocenters. The van der Waals surface area contributed by atoms with Crippen LogP contribution in [-0.4, -0.2) is 85.8 Å². The van der Waals surface area contributed by atoms with E-state index in [-0.39, 0.29) is 24.1 Å². The van der Waals surface area contributed by atoms with E-state index >= 15 is 0 Å². The second-order valence-electron chi connectivity index (χ2n) is 11.3. The third kappa shape index (κ3) is 10.1. The number of pyridine rings is 1. The van der Waals surface area contributed by atoms with Crippen molar-refractivity contribution in [3.63, 3.8) is 0 Å². The number of aliphatic carboxylic acids is 1. The van der Waals surface area contributed by atoms with Crippen LogP contribution in [0.3, 0.4) is 0 Å². The zero-order valence-corrected chi connectivity index (χ0v) is 27.8. The highest BCUT2D eigenvalue weighted by atomic mass is 35.5. The smallest absolute Gasteiger partial charge is 0.410 e. The molecule has 47 heavy (non-hydrogen) atoms. The maximum Gasteiger partial charge on any atom is 0.410 e. The highest BCUT2D eigenvalue weighted by Crippen LogP contribution is 2.24. The molecule has 0 spiro atoms. The number of carbonyl (C=O) groups excluding carboxylic acids is 2. The van der Waals surface area contributed by atoms with Crippen LogP contribution < -0.4 is 15.4 Å². The number of halogens is 1. The maximum absolute atomic E-state index is 13.1. The van der Waals surface area contributed by atoms with Gasteiger partial charge in [-0.3, -0.25) is 9.59 Å². The van der Waals surface area contributed by atoms with Gasteiger partial charge in [-0.25, -0.2) is 18.2 Å². The summed E-state index contributed by atoms with van der Waals surface area (Å²) in [7, 11) is -4.21. The average molecular weight is 688 g/mol. The molecule has 4 rings (SSSR count). The summed E-state index contributed by atoms with van der Waals surface area (Å²) in [6.07, 6.45) is 0.944. The lowest BCUT2D eigenvalue weighted by molar-refractivity contribution is -0.139. The van der Waals surface area contributed by atoms with Gasteiger partial charge in [0.2, 0.25) is 15.9 Å². The predicted octanol–water partition coefficient (Wildman–Crippen LogP) is 3.42. The van der Waals surface area contributed by atoms with E-state index in [1.807, 2.05) is 13.0 Å². The third-order valence-corrected chi connectivity index (χ3v) is 9.52. The van der Waals surface area contributed by atoms with Crippen LogP contribution in [0.5, 0.6) is 0 Å². The number of anilines is 1. The fourth-order valence-electron chi connectivity index (χ4n) is 5.39. The first-order valence-corrected chi connectivity index (χ1v) is 16.7. The van der Waals surface area contributed by atoms with Gasteiger partial charge in [0.05, 0.1) is 23.6 Å². The van der Waals surface area contributed by atoms with Gasteiger partial charge in [0, 0.05) is 24.3 Å². The summed E-state index contributed by atoms with van der Waals surface area (Å²) in [5, 5.41) is 15.9. The van der Waals surface area contributed by atoms with E-state index in [0.29, 0.717) is 34.9 Å². The van der Waals surface area contributed by atoms with Crippen LogP contribution in [0.15, 0.2) is 65.7 Å². The summed E-state index contributed by atoms with van der Waals surface area (Å²) in [6, 6.07) is 13.8. The van der Waals surface area contributed by atoms with Crippen LogP contribution in [-0.2, 0) is 35.7 Å². The van der Waals surface area contributed by atoms with E-state index in [1.54, 1.807) is 68.6 Å². The van der Waals surface area contributed by atoms with Crippen molar-refractivity contribution in [2.75, 3.05) is 31.6 Å². The van der Waals surface area contributed by atoms with Crippen molar-refractivity contribution in [2.45, 2.75) is 56.9 Å². The van der Waals surface area contributed by atoms with Crippen molar-refractivity contribution < 1.29 is 37.4 Å². The molecular formula is C32H38ClN5O8S. The molecule has 2 amide bonds. The van der Waals surface area contributed by atoms with E-state index in [2.05, 4.69) is 20.3 Å². The molecule has 4 N–H and O–H groups in total. The molecule has 1 saturated heterocycles. The number of carboxylic acid groups (broad SMARTS) is 1. The first-order chi connectivity index (χ1) is 22.3. The number of carbonyl (C=O) groups is 3. The van der Waals surface area contributed by atoms with E-state index in [1.165, 1.54) is 4.90 Å². The highest BCUT2D eigenvalue weighted by Gasteiger charge is 2.37. The molecule has 1 aliphatic heterocycles. The van der Waals surface area contributed by atoms with Gasteiger partial charge in [-0.15, -0.1) is 0 Å². The van der Waals surface area contributed by atoms with Crippen molar-refractivity contribution in [3.05, 3.63) is 88.1 Å². The van der Waals surface area contributed by atoms with Crippen molar-refractivity contribution in [3.8, 4) is 0 Å². The van der Waals surface area contributed by atoms with Crippen LogP contribution in [0, 0.1) is 20.8 Å². The number of aryl methyl sites for hydroxylation is 3. The Hall–Kier alpha value is -4.24. The zero-order chi connectivity index (χ0) is 34.1. The Morgan fingerprint density at radius 1 is 1.09 bits per heavy atom. The SMILES string of the molecule is Cc1cc(C)c(S(=O)(=O)N[C@@H](CNC(=O)CO[C@@H]2C[C@@H](CNc3ccccn3)N(C(=O)OCc3ccc(Cl)cc3)C2)C(=O)O)c(C)c1. The van der Waals surface area contributed by atoms with Gasteiger partial charge >= 0.3 is 12.1 Å². The molecule has 0 saturated carbocycles. The Labute approximate surface area is 278 Å². The molecule has 0 bridgehead atoms. The van der Waals surface area contributed by atoms with E-state index in [9.17, 15) is 27.9 Å². The Bertz CT molecular complexity index is 1650. The van der Waals surface area contributed by atoms with Gasteiger partial charge in [-0.1, -0.05) is 47.5 Å². The van der Waals surface area contributed by atoms with Crippen molar-refractivity contribution in [1.29, 1.82) is 0 Å². The standard InChI is InChI=1S/C32H38ClN5O8S/c1-20-12-21(2)30(22(3)13-20)47(43,44)37-27(31(40)41)16-36-29(39)19-45-26-14-25(15-35-28-6-4-5-11-34-28)38(17-26)32(42)46-18-23-7-9-24(33)10-8-23/h4-13,25-27,37H,14-19H2,1-3H3,(H,34,35)(H,36,39)(H,40,41)/t25-,26+,27-/m0/s1. The molecule has 0 radical (unpaired) electrons. The number of rotatable bonds is 14. The van der Waals surface area contributed by atoms with E-state index in [4.69, 9.17) is 21.1 Å². The second-order valence-corrected chi connectivity index (χ2v) is 13.4. The number of nitrogens with zero attached hydrogens (tertiary/aromatic N) is 2. The number of likely N-dealkylation sites (tertiary alicyclic amines) is 1. The Morgan fingerprint density at radius 2 is 1.79 bits per heavy atom. The van der Waals surface area contributed by atoms with Crippen LogP contribution in [0.25, 0.3) is 0 Å². The van der Waals surface area contributed by atoms with E-state index < -0.39 is 53.3 Å². The topological polar surface area (TPSA) is 176 Å². The number of nitrogens with one attached hydrogen (secondary N) is 3. The summed E-state index contributed by atoms with van der Waals surface area (Å²) in [5.74, 6) is -1.48. The van der Waals surface area contributed by atoms with Gasteiger partial charge in [0.1, 0.15) is 25.1 Å². The minimum atomic E-state index is -4.21. The monoisotopic (exact) mass is 687 g/mol. The molecule has 2 heterocycles. The number of hydrogen-bond acceptors (Lipinski definition) is 9. The lowest BCUT2D eigenvalue weighted by Crippen LogP contribution is -2.49.